The van der Waals surface area contributed by atoms with Gasteiger partial charge >= 0.3 is 5.97 Å². The minimum Gasteiger partial charge on any atom is -0.324 e. The summed E-state index contributed by atoms with van der Waals surface area (Å²) in [6.45, 7) is 0. The number of rotatable bonds is 3. The number of hydrogen-bond acceptors (Lipinski definition) is 7. The number of pyridine rings is 1. The first kappa shape index (κ1) is 14.7. The van der Waals surface area contributed by atoms with Crippen molar-refractivity contribution in [1.82, 2.24) is 25.2 Å². The van der Waals surface area contributed by atoms with Crippen LogP contribution in [-0.4, -0.2) is 43.0 Å². The molecule has 0 fully saturated rings. The van der Waals surface area contributed by atoms with Crippen LogP contribution in [0.3, 0.4) is 0 Å². The summed E-state index contributed by atoms with van der Waals surface area (Å²) in [6, 6.07) is 9.24. The maximum absolute atomic E-state index is 12.2. The zero-order chi connectivity index (χ0) is 17.4. The number of benzene rings is 1. The third-order valence-corrected chi connectivity index (χ3v) is 3.59. The van der Waals surface area contributed by atoms with Crippen molar-refractivity contribution in [1.29, 1.82) is 0 Å². The lowest BCUT2D eigenvalue weighted by molar-refractivity contribution is -0.0584. The van der Waals surface area contributed by atoms with Gasteiger partial charge in [-0.3, -0.25) is 19.7 Å². The second-order valence-corrected chi connectivity index (χ2v) is 5.10. The van der Waals surface area contributed by atoms with E-state index in [2.05, 4.69) is 20.2 Å². The van der Waals surface area contributed by atoms with E-state index in [1.165, 1.54) is 30.7 Å². The number of nitrogens with zero attached hydrogens (tertiary/aromatic N) is 4. The van der Waals surface area contributed by atoms with E-state index < -0.39 is 17.8 Å². The van der Waals surface area contributed by atoms with Crippen LogP contribution in [0.1, 0.15) is 31.1 Å². The molecular formula is C16H9N5O4. The molecule has 1 aliphatic heterocycles. The van der Waals surface area contributed by atoms with E-state index in [1.54, 1.807) is 18.2 Å². The summed E-state index contributed by atoms with van der Waals surface area (Å²) in [6.07, 6.45) is 2.60. The van der Waals surface area contributed by atoms with Crippen molar-refractivity contribution in [2.75, 3.05) is 0 Å². The summed E-state index contributed by atoms with van der Waals surface area (Å²) >= 11 is 0. The number of H-pyrrole nitrogens is 1. The van der Waals surface area contributed by atoms with Gasteiger partial charge in [0.25, 0.3) is 11.8 Å². The largest absolute Gasteiger partial charge is 0.365 e. The number of hydroxylamine groups is 2. The summed E-state index contributed by atoms with van der Waals surface area (Å²) in [5, 5.41) is 6.81. The van der Waals surface area contributed by atoms with Crippen LogP contribution in [0.15, 0.2) is 48.9 Å². The summed E-state index contributed by atoms with van der Waals surface area (Å²) in [5.41, 5.74) is 0.952. The molecule has 2 aromatic heterocycles. The van der Waals surface area contributed by atoms with Crippen molar-refractivity contribution in [2.45, 2.75) is 0 Å². The second kappa shape index (κ2) is 5.64. The Labute approximate surface area is 140 Å². The van der Waals surface area contributed by atoms with Crippen LogP contribution in [0, 0.1) is 0 Å². The lowest BCUT2D eigenvalue weighted by Gasteiger charge is -2.12. The summed E-state index contributed by atoms with van der Waals surface area (Å²) in [5.74, 6) is -1.79. The first-order chi connectivity index (χ1) is 12.1. The Balaban J connectivity index is 1.53. The number of fused-ring (bicyclic) bond motifs is 1. The predicted octanol–water partition coefficient (Wildman–Crippen LogP) is 1.23. The van der Waals surface area contributed by atoms with E-state index >= 15 is 0 Å². The Hall–Kier alpha value is -3.88. The van der Waals surface area contributed by atoms with Gasteiger partial charge in [-0.05, 0) is 24.3 Å². The fraction of sp³-hybridized carbons (Fsp3) is 0. The monoisotopic (exact) mass is 335 g/mol. The maximum atomic E-state index is 12.2. The van der Waals surface area contributed by atoms with E-state index in [1.807, 2.05) is 0 Å². The Bertz CT molecular complexity index is 947. The first-order valence-corrected chi connectivity index (χ1v) is 7.17. The number of aromatic amines is 1. The van der Waals surface area contributed by atoms with Gasteiger partial charge in [-0.25, -0.2) is 9.78 Å². The molecule has 0 radical (unpaired) electrons. The van der Waals surface area contributed by atoms with Gasteiger partial charge in [0, 0.05) is 6.20 Å². The minimum absolute atomic E-state index is 0.0832. The van der Waals surface area contributed by atoms with Crippen molar-refractivity contribution in [3.63, 3.8) is 0 Å². The normalized spacial score (nSPS) is 13.0. The molecule has 25 heavy (non-hydrogen) atoms. The molecule has 0 saturated carbocycles. The molecule has 3 heterocycles. The lowest BCUT2D eigenvalue weighted by atomic mass is 10.1. The highest BCUT2D eigenvalue weighted by Gasteiger charge is 2.38. The minimum atomic E-state index is -0.869. The Morgan fingerprint density at radius 3 is 2.28 bits per heavy atom. The smallest absolute Gasteiger partial charge is 0.324 e. The van der Waals surface area contributed by atoms with E-state index in [9.17, 15) is 14.4 Å². The zero-order valence-electron chi connectivity index (χ0n) is 12.5. The van der Waals surface area contributed by atoms with Crippen LogP contribution in [0.2, 0.25) is 0 Å². The molecule has 0 atom stereocenters. The molecule has 2 amide bonds. The Kier molecular flexibility index (Phi) is 3.31. The van der Waals surface area contributed by atoms with Gasteiger partial charge in [0.15, 0.2) is 5.82 Å². The van der Waals surface area contributed by atoms with Gasteiger partial charge in [0.05, 0.1) is 16.7 Å². The van der Waals surface area contributed by atoms with E-state index in [4.69, 9.17) is 4.84 Å². The molecule has 0 aliphatic carbocycles. The number of imide groups is 1. The average molecular weight is 335 g/mol. The van der Waals surface area contributed by atoms with Crippen molar-refractivity contribution in [3.05, 3.63) is 65.6 Å². The molecule has 0 bridgehead atoms. The van der Waals surface area contributed by atoms with Crippen molar-refractivity contribution in [3.8, 4) is 11.5 Å². The fourth-order valence-corrected chi connectivity index (χ4v) is 2.37. The maximum Gasteiger partial charge on any atom is 0.365 e. The number of hydrogen-bond donors (Lipinski definition) is 1. The number of carbonyl (C=O) groups excluding carboxylic acids is 3. The molecular weight excluding hydrogens is 326 g/mol. The van der Waals surface area contributed by atoms with Gasteiger partial charge < -0.3 is 4.84 Å². The van der Waals surface area contributed by atoms with Crippen LogP contribution in [-0.2, 0) is 4.84 Å². The van der Waals surface area contributed by atoms with E-state index in [0.29, 0.717) is 16.6 Å². The van der Waals surface area contributed by atoms with Gasteiger partial charge in [-0.2, -0.15) is 5.10 Å². The third-order valence-electron chi connectivity index (χ3n) is 3.59. The number of aromatic nitrogens is 4. The zero-order valence-corrected chi connectivity index (χ0v) is 12.5. The highest BCUT2D eigenvalue weighted by Crippen LogP contribution is 2.23. The quantitative estimate of drug-likeness (QED) is 0.715. The van der Waals surface area contributed by atoms with Crippen molar-refractivity contribution >= 4 is 17.8 Å². The molecule has 1 N–H and O–H groups in total. The van der Waals surface area contributed by atoms with Crippen molar-refractivity contribution < 1.29 is 19.2 Å². The molecule has 0 saturated heterocycles. The van der Waals surface area contributed by atoms with Gasteiger partial charge in [-0.15, -0.1) is 0 Å². The van der Waals surface area contributed by atoms with Crippen LogP contribution < -0.4 is 0 Å². The van der Waals surface area contributed by atoms with Crippen LogP contribution in [0.4, 0.5) is 0 Å². The fourth-order valence-electron chi connectivity index (χ4n) is 2.37. The van der Waals surface area contributed by atoms with Gasteiger partial charge in [0.2, 0.25) is 0 Å². The molecule has 3 aromatic rings. The third kappa shape index (κ3) is 2.43. The number of amides is 2. The van der Waals surface area contributed by atoms with Crippen LogP contribution >= 0.6 is 0 Å². The molecule has 0 unspecified atom stereocenters. The van der Waals surface area contributed by atoms with Gasteiger partial charge in [-0.1, -0.05) is 17.2 Å². The standard InChI is InChI=1S/C16H9N5O4/c22-14-10-3-1-2-4-11(10)15(23)21(14)25-16(24)9-5-6-12(17-7-9)13-18-8-19-20-13/h1-8H,(H,18,19,20). The summed E-state index contributed by atoms with van der Waals surface area (Å²) in [4.78, 5) is 49.5. The molecule has 1 aromatic carbocycles. The highest BCUT2D eigenvalue weighted by atomic mass is 16.7. The van der Waals surface area contributed by atoms with Crippen molar-refractivity contribution in [2.24, 2.45) is 0 Å². The molecule has 1 aliphatic rings. The van der Waals surface area contributed by atoms with Crippen LogP contribution in [0.25, 0.3) is 11.5 Å². The molecule has 4 rings (SSSR count). The van der Waals surface area contributed by atoms with Crippen LogP contribution in [0.5, 0.6) is 0 Å². The highest BCUT2D eigenvalue weighted by molar-refractivity contribution is 6.21. The second-order valence-electron chi connectivity index (χ2n) is 5.10. The molecule has 0 spiro atoms. The van der Waals surface area contributed by atoms with E-state index in [0.717, 1.165) is 0 Å². The SMILES string of the molecule is O=C(ON1C(=O)c2ccccc2C1=O)c1ccc(-c2ncn[nH]2)nc1. The summed E-state index contributed by atoms with van der Waals surface area (Å²) < 4.78 is 0. The van der Waals surface area contributed by atoms with Gasteiger partial charge in [0.1, 0.15) is 12.0 Å². The number of carbonyl (C=O) groups is 3. The van der Waals surface area contributed by atoms with E-state index in [-0.39, 0.29) is 16.7 Å². The lowest BCUT2D eigenvalue weighted by Crippen LogP contribution is -2.32. The Morgan fingerprint density at radius 2 is 1.72 bits per heavy atom. The molecule has 9 nitrogen and oxygen atoms in total. The molecule has 9 heteroatoms. The first-order valence-electron chi connectivity index (χ1n) is 7.17. The summed E-state index contributed by atoms with van der Waals surface area (Å²) in [7, 11) is 0. The number of nitrogens with one attached hydrogen (secondary N) is 1. The molecule has 122 valence electrons. The average Bonchev–Trinajstić information content (AvgIpc) is 3.26. The topological polar surface area (TPSA) is 118 Å². The Morgan fingerprint density at radius 1 is 1.00 bits per heavy atom. The predicted molar refractivity (Wildman–Crippen MR) is 82.0 cm³/mol.